The SMILES string of the molecule is C=CC1Cc2c(c3ccc(OC)cc3c3cc(OC)c(OC)cc23)CN1C(=O)OC(C)(C)C.CC. The summed E-state index contributed by atoms with van der Waals surface area (Å²) >= 11 is 0. The Morgan fingerprint density at radius 2 is 1.51 bits per heavy atom. The number of ether oxygens (including phenoxy) is 4. The van der Waals surface area contributed by atoms with Crippen LogP contribution in [-0.4, -0.2) is 44.0 Å². The number of carbonyl (C=O) groups is 1. The molecule has 3 aromatic carbocycles. The third-order valence-electron chi connectivity index (χ3n) is 6.10. The summed E-state index contributed by atoms with van der Waals surface area (Å²) < 4.78 is 22.4. The van der Waals surface area contributed by atoms with Gasteiger partial charge in [-0.25, -0.2) is 4.79 Å². The molecule has 0 radical (unpaired) electrons. The lowest BCUT2D eigenvalue weighted by molar-refractivity contribution is 0.0166. The minimum absolute atomic E-state index is 0.181. The molecule has 35 heavy (non-hydrogen) atoms. The summed E-state index contributed by atoms with van der Waals surface area (Å²) in [7, 11) is 4.93. The molecule has 0 saturated carbocycles. The lowest BCUT2D eigenvalue weighted by Crippen LogP contribution is -2.45. The van der Waals surface area contributed by atoms with E-state index in [1.807, 2.05) is 65.0 Å². The molecule has 0 aliphatic carbocycles. The maximum absolute atomic E-state index is 13.1. The van der Waals surface area contributed by atoms with Gasteiger partial charge in [0.1, 0.15) is 11.4 Å². The second-order valence-corrected chi connectivity index (χ2v) is 9.24. The van der Waals surface area contributed by atoms with Crippen LogP contribution < -0.4 is 14.2 Å². The van der Waals surface area contributed by atoms with Crippen molar-refractivity contribution in [1.82, 2.24) is 4.90 Å². The summed E-state index contributed by atoms with van der Waals surface area (Å²) in [5.41, 5.74) is 1.69. The third-order valence-corrected chi connectivity index (χ3v) is 6.10. The fraction of sp³-hybridized carbons (Fsp3) is 0.414. The average Bonchev–Trinajstić information content (AvgIpc) is 2.86. The first-order chi connectivity index (χ1) is 16.7. The highest BCUT2D eigenvalue weighted by Crippen LogP contribution is 2.43. The molecule has 1 unspecified atom stereocenters. The van der Waals surface area contributed by atoms with Gasteiger partial charge in [-0.1, -0.05) is 26.0 Å². The molecule has 1 aliphatic rings. The highest BCUT2D eigenvalue weighted by molar-refractivity contribution is 6.12. The van der Waals surface area contributed by atoms with Crippen LogP contribution >= 0.6 is 0 Å². The van der Waals surface area contributed by atoms with Crippen LogP contribution in [0.3, 0.4) is 0 Å². The maximum atomic E-state index is 13.1. The van der Waals surface area contributed by atoms with Crippen LogP contribution in [0.5, 0.6) is 17.2 Å². The number of benzene rings is 3. The molecule has 0 bridgehead atoms. The summed E-state index contributed by atoms with van der Waals surface area (Å²) in [5, 5.41) is 4.22. The quantitative estimate of drug-likeness (QED) is 0.301. The number of carbonyl (C=O) groups excluding carboxylic acids is 1. The van der Waals surface area contributed by atoms with Crippen LogP contribution in [0.15, 0.2) is 43.0 Å². The van der Waals surface area contributed by atoms with E-state index in [4.69, 9.17) is 18.9 Å². The van der Waals surface area contributed by atoms with Gasteiger partial charge >= 0.3 is 6.09 Å². The monoisotopic (exact) mass is 479 g/mol. The molecule has 188 valence electrons. The van der Waals surface area contributed by atoms with E-state index >= 15 is 0 Å². The van der Waals surface area contributed by atoms with Gasteiger partial charge in [0.05, 0.1) is 33.9 Å². The van der Waals surface area contributed by atoms with Gasteiger partial charge in [0.2, 0.25) is 0 Å². The molecule has 0 N–H and O–H groups in total. The molecule has 0 fully saturated rings. The summed E-state index contributed by atoms with van der Waals surface area (Å²) in [5.74, 6) is 2.10. The molecular formula is C29H37NO5. The van der Waals surface area contributed by atoms with Crippen LogP contribution in [0.2, 0.25) is 0 Å². The summed E-state index contributed by atoms with van der Waals surface area (Å²) in [4.78, 5) is 14.8. The number of rotatable bonds is 4. The fourth-order valence-electron chi connectivity index (χ4n) is 4.56. The first kappa shape index (κ1) is 26.2. The molecule has 6 nitrogen and oxygen atoms in total. The topological polar surface area (TPSA) is 57.2 Å². The Bertz CT molecular complexity index is 1240. The third kappa shape index (κ3) is 5.02. The van der Waals surface area contributed by atoms with Crippen molar-refractivity contribution < 1.29 is 23.7 Å². The van der Waals surface area contributed by atoms with Crippen molar-refractivity contribution in [3.63, 3.8) is 0 Å². The van der Waals surface area contributed by atoms with Crippen LogP contribution in [0.1, 0.15) is 45.7 Å². The summed E-state index contributed by atoms with van der Waals surface area (Å²) in [6, 6.07) is 9.90. The second kappa shape index (κ2) is 10.5. The molecule has 1 aliphatic heterocycles. The molecule has 1 heterocycles. The highest BCUT2D eigenvalue weighted by Gasteiger charge is 2.33. The normalized spacial score (nSPS) is 15.1. The zero-order valence-corrected chi connectivity index (χ0v) is 22.2. The van der Waals surface area contributed by atoms with E-state index in [1.165, 1.54) is 5.56 Å². The van der Waals surface area contributed by atoms with Gasteiger partial charge in [-0.15, -0.1) is 6.58 Å². The van der Waals surface area contributed by atoms with Gasteiger partial charge < -0.3 is 18.9 Å². The van der Waals surface area contributed by atoms with E-state index < -0.39 is 5.60 Å². The first-order valence-corrected chi connectivity index (χ1v) is 12.0. The summed E-state index contributed by atoms with van der Waals surface area (Å²) in [6.07, 6.45) is 2.11. The van der Waals surface area contributed by atoms with Gasteiger partial charge in [0.15, 0.2) is 11.5 Å². The van der Waals surface area contributed by atoms with E-state index in [9.17, 15) is 4.79 Å². The predicted octanol–water partition coefficient (Wildman–Crippen LogP) is 6.89. The maximum Gasteiger partial charge on any atom is 0.411 e. The van der Waals surface area contributed by atoms with Crippen LogP contribution in [-0.2, 0) is 17.7 Å². The molecule has 1 atom stereocenters. The first-order valence-electron chi connectivity index (χ1n) is 12.0. The van der Waals surface area contributed by atoms with E-state index in [-0.39, 0.29) is 12.1 Å². The van der Waals surface area contributed by atoms with E-state index in [2.05, 4.69) is 12.6 Å². The zero-order chi connectivity index (χ0) is 25.9. The standard InChI is InChI=1S/C27H31NO5.C2H6/c1-8-16-11-19-21-13-24(31-6)25(32-7)14-22(21)20-12-17(30-5)9-10-18(20)23(19)15-28(16)26(29)33-27(2,3)4;1-2/h8-10,12-14,16H,1,11,15H2,2-7H3;1-2H3. The van der Waals surface area contributed by atoms with Gasteiger partial charge in [-0.2, -0.15) is 0 Å². The minimum atomic E-state index is -0.578. The van der Waals surface area contributed by atoms with Gasteiger partial charge in [-0.3, -0.25) is 4.90 Å². The highest BCUT2D eigenvalue weighted by atomic mass is 16.6. The van der Waals surface area contributed by atoms with Crippen molar-refractivity contribution in [2.45, 2.75) is 59.2 Å². The Morgan fingerprint density at radius 1 is 0.914 bits per heavy atom. The van der Waals surface area contributed by atoms with Crippen molar-refractivity contribution in [1.29, 1.82) is 0 Å². The van der Waals surface area contributed by atoms with Crippen molar-refractivity contribution in [2.24, 2.45) is 0 Å². The second-order valence-electron chi connectivity index (χ2n) is 9.24. The molecule has 1 amide bonds. The number of hydrogen-bond donors (Lipinski definition) is 0. The van der Waals surface area contributed by atoms with Gasteiger partial charge in [0, 0.05) is 0 Å². The number of nitrogens with zero attached hydrogens (tertiary/aromatic N) is 1. The largest absolute Gasteiger partial charge is 0.497 e. The zero-order valence-electron chi connectivity index (χ0n) is 22.2. The lowest BCUT2D eigenvalue weighted by Gasteiger charge is -2.37. The molecule has 0 aromatic heterocycles. The van der Waals surface area contributed by atoms with Crippen molar-refractivity contribution in [3.05, 3.63) is 54.1 Å². The molecule has 0 spiro atoms. The predicted molar refractivity (Wildman–Crippen MR) is 142 cm³/mol. The number of fused-ring (bicyclic) bond motifs is 6. The number of methoxy groups -OCH3 is 3. The van der Waals surface area contributed by atoms with Crippen molar-refractivity contribution >= 4 is 27.6 Å². The molecule has 4 rings (SSSR count). The number of hydrogen-bond acceptors (Lipinski definition) is 5. The van der Waals surface area contributed by atoms with Crippen molar-refractivity contribution in [3.8, 4) is 17.2 Å². The molecular weight excluding hydrogens is 442 g/mol. The van der Waals surface area contributed by atoms with Crippen LogP contribution in [0.25, 0.3) is 21.5 Å². The van der Waals surface area contributed by atoms with E-state index in [0.717, 1.165) is 32.9 Å². The minimum Gasteiger partial charge on any atom is -0.497 e. The molecule has 3 aromatic rings. The average molecular weight is 480 g/mol. The fourth-order valence-corrected chi connectivity index (χ4v) is 4.56. The van der Waals surface area contributed by atoms with Crippen LogP contribution in [0, 0.1) is 0 Å². The number of amides is 1. The van der Waals surface area contributed by atoms with Gasteiger partial charge in [-0.05, 0) is 84.1 Å². The van der Waals surface area contributed by atoms with Gasteiger partial charge in [0.25, 0.3) is 0 Å². The molecule has 6 heteroatoms. The Hall–Kier alpha value is -3.41. The smallest absolute Gasteiger partial charge is 0.411 e. The molecule has 0 saturated heterocycles. The van der Waals surface area contributed by atoms with E-state index in [0.29, 0.717) is 24.5 Å². The Balaban J connectivity index is 0.00000167. The Morgan fingerprint density at radius 3 is 2.06 bits per heavy atom. The summed E-state index contributed by atoms with van der Waals surface area (Å²) in [6.45, 7) is 14.1. The van der Waals surface area contributed by atoms with E-state index in [1.54, 1.807) is 26.2 Å². The lowest BCUT2D eigenvalue weighted by atomic mass is 9.85. The van der Waals surface area contributed by atoms with Crippen molar-refractivity contribution in [2.75, 3.05) is 21.3 Å². The Labute approximate surface area is 208 Å². The van der Waals surface area contributed by atoms with Crippen LogP contribution in [0.4, 0.5) is 4.79 Å². The Kier molecular flexibility index (Phi) is 7.83.